The quantitative estimate of drug-likeness (QED) is 0.642. The van der Waals surface area contributed by atoms with Gasteiger partial charge < -0.3 is 0 Å². The molecule has 1 unspecified atom stereocenters. The molecule has 3 nitrogen and oxygen atoms in total. The highest BCUT2D eigenvalue weighted by atomic mass is 32.2. The number of carbonyl (C=O) groups excluding carboxylic acids is 1. The van der Waals surface area contributed by atoms with Gasteiger partial charge in [0.25, 0.3) is 5.91 Å². The van der Waals surface area contributed by atoms with Crippen LogP contribution in [0.1, 0.15) is 15.9 Å². The fraction of sp³-hybridized carbons (Fsp3) is 0.125. The maximum absolute atomic E-state index is 11.3. The average Bonchev–Trinajstić information content (AvgIpc) is 2.29. The Hall–Kier alpha value is -1.16. The van der Waals surface area contributed by atoms with E-state index in [1.807, 2.05) is 13.0 Å². The fourth-order valence-corrected chi connectivity index (χ4v) is 2.37. The van der Waals surface area contributed by atoms with Crippen molar-refractivity contribution in [3.8, 4) is 0 Å². The van der Waals surface area contributed by atoms with Gasteiger partial charge in [-0.05, 0) is 18.6 Å². The van der Waals surface area contributed by atoms with Crippen LogP contribution in [0, 0.1) is 6.92 Å². The van der Waals surface area contributed by atoms with Crippen LogP contribution in [0.2, 0.25) is 0 Å². The van der Waals surface area contributed by atoms with Gasteiger partial charge in [0.1, 0.15) is 0 Å². The number of fused-ring (bicyclic) bond motifs is 1. The molecule has 1 aromatic carbocycles. The van der Waals surface area contributed by atoms with Crippen molar-refractivity contribution >= 4 is 16.9 Å². The highest BCUT2D eigenvalue weighted by Crippen LogP contribution is 2.22. The first-order valence-electron chi connectivity index (χ1n) is 3.52. The van der Waals surface area contributed by atoms with E-state index in [1.54, 1.807) is 12.1 Å². The SMILES string of the molecule is Cc1cccc2c1S(=O)NC2=O. The second kappa shape index (κ2) is 2.42. The van der Waals surface area contributed by atoms with Gasteiger partial charge in [-0.3, -0.25) is 9.52 Å². The number of carbonyl (C=O) groups is 1. The summed E-state index contributed by atoms with van der Waals surface area (Å²) in [6.45, 7) is 1.84. The molecule has 0 aliphatic carbocycles. The van der Waals surface area contributed by atoms with E-state index in [0.717, 1.165) is 5.56 Å². The topological polar surface area (TPSA) is 46.2 Å². The first-order valence-corrected chi connectivity index (χ1v) is 4.67. The summed E-state index contributed by atoms with van der Waals surface area (Å²) in [5.41, 5.74) is 1.43. The molecule has 1 heterocycles. The van der Waals surface area contributed by atoms with Gasteiger partial charge >= 0.3 is 0 Å². The molecule has 1 aliphatic rings. The third-order valence-corrected chi connectivity index (χ3v) is 3.11. The predicted octanol–water partition coefficient (Wildman–Crippen LogP) is 0.761. The second-order valence-corrected chi connectivity index (χ2v) is 3.80. The normalized spacial score (nSPS) is 20.4. The number of rotatable bonds is 0. The van der Waals surface area contributed by atoms with Crippen molar-refractivity contribution in [2.45, 2.75) is 11.8 Å². The molecule has 4 heteroatoms. The number of hydrogen-bond acceptors (Lipinski definition) is 2. The Morgan fingerprint density at radius 3 is 2.83 bits per heavy atom. The highest BCUT2D eigenvalue weighted by Gasteiger charge is 2.26. The van der Waals surface area contributed by atoms with Crippen molar-refractivity contribution in [3.63, 3.8) is 0 Å². The summed E-state index contributed by atoms with van der Waals surface area (Å²) < 4.78 is 13.6. The molecule has 1 atom stereocenters. The van der Waals surface area contributed by atoms with Crippen LogP contribution >= 0.6 is 0 Å². The van der Waals surface area contributed by atoms with Gasteiger partial charge in [0.15, 0.2) is 11.0 Å². The van der Waals surface area contributed by atoms with Crippen LogP contribution in [0.4, 0.5) is 0 Å². The van der Waals surface area contributed by atoms with Gasteiger partial charge in [-0.2, -0.15) is 0 Å². The summed E-state index contributed by atoms with van der Waals surface area (Å²) in [6.07, 6.45) is 0. The Morgan fingerprint density at radius 1 is 1.42 bits per heavy atom. The van der Waals surface area contributed by atoms with Crippen molar-refractivity contribution in [2.75, 3.05) is 0 Å². The van der Waals surface area contributed by atoms with Crippen LogP contribution in [-0.2, 0) is 11.0 Å². The molecular formula is C8H7NO2S. The van der Waals surface area contributed by atoms with Crippen LogP contribution in [-0.4, -0.2) is 10.1 Å². The molecule has 2 rings (SSSR count). The average molecular weight is 181 g/mol. The molecule has 62 valence electrons. The number of aryl methyl sites for hydroxylation is 1. The van der Waals surface area contributed by atoms with Crippen LogP contribution in [0.15, 0.2) is 23.1 Å². The molecule has 0 saturated heterocycles. The molecule has 0 saturated carbocycles. The summed E-state index contributed by atoms with van der Waals surface area (Å²) in [5, 5.41) is 0. The van der Waals surface area contributed by atoms with Crippen molar-refractivity contribution in [3.05, 3.63) is 29.3 Å². The van der Waals surface area contributed by atoms with Crippen molar-refractivity contribution < 1.29 is 9.00 Å². The van der Waals surface area contributed by atoms with Crippen LogP contribution in [0.5, 0.6) is 0 Å². The molecular weight excluding hydrogens is 174 g/mol. The summed E-state index contributed by atoms with van der Waals surface area (Å²) >= 11 is 0. The van der Waals surface area contributed by atoms with Crippen molar-refractivity contribution in [2.24, 2.45) is 0 Å². The Morgan fingerprint density at radius 2 is 2.17 bits per heavy atom. The van der Waals surface area contributed by atoms with Gasteiger partial charge in [0.05, 0.1) is 10.5 Å². The van der Waals surface area contributed by atoms with E-state index in [2.05, 4.69) is 4.72 Å². The first kappa shape index (κ1) is 7.49. The molecule has 1 amide bonds. The molecule has 1 aromatic rings. The Kier molecular flexibility index (Phi) is 1.51. The van der Waals surface area contributed by atoms with E-state index in [9.17, 15) is 9.00 Å². The lowest BCUT2D eigenvalue weighted by Crippen LogP contribution is -2.15. The molecule has 1 aliphatic heterocycles. The standard InChI is InChI=1S/C8H7NO2S/c1-5-3-2-4-6-7(5)12(11)9-8(6)10/h2-4H,1H3,(H,9,10). The van der Waals surface area contributed by atoms with Crippen molar-refractivity contribution in [1.82, 2.24) is 4.72 Å². The molecule has 12 heavy (non-hydrogen) atoms. The number of amides is 1. The lowest BCUT2D eigenvalue weighted by molar-refractivity contribution is 0.0986. The lowest BCUT2D eigenvalue weighted by Gasteiger charge is -1.96. The third kappa shape index (κ3) is 0.881. The Labute approximate surface area is 72.4 Å². The zero-order valence-corrected chi connectivity index (χ0v) is 7.27. The van der Waals surface area contributed by atoms with E-state index in [4.69, 9.17) is 0 Å². The van der Waals surface area contributed by atoms with Gasteiger partial charge in [-0.25, -0.2) is 4.21 Å². The van der Waals surface area contributed by atoms with E-state index in [0.29, 0.717) is 10.5 Å². The van der Waals surface area contributed by atoms with Crippen LogP contribution in [0.3, 0.4) is 0 Å². The zero-order chi connectivity index (χ0) is 8.72. The maximum Gasteiger partial charge on any atom is 0.264 e. The van der Waals surface area contributed by atoms with E-state index in [-0.39, 0.29) is 5.91 Å². The Balaban J connectivity index is 2.75. The van der Waals surface area contributed by atoms with Gasteiger partial charge in [-0.1, -0.05) is 12.1 Å². The summed E-state index contributed by atoms with van der Waals surface area (Å²) in [4.78, 5) is 11.8. The van der Waals surface area contributed by atoms with Crippen LogP contribution in [0.25, 0.3) is 0 Å². The minimum atomic E-state index is -1.34. The van der Waals surface area contributed by atoms with E-state index < -0.39 is 11.0 Å². The zero-order valence-electron chi connectivity index (χ0n) is 6.46. The third-order valence-electron chi connectivity index (χ3n) is 1.83. The van der Waals surface area contributed by atoms with Crippen LogP contribution < -0.4 is 4.72 Å². The molecule has 0 bridgehead atoms. The minimum Gasteiger partial charge on any atom is -0.268 e. The second-order valence-electron chi connectivity index (χ2n) is 2.65. The van der Waals surface area contributed by atoms with Gasteiger partial charge in [0.2, 0.25) is 0 Å². The Bertz CT molecular complexity index is 387. The molecule has 0 aromatic heterocycles. The predicted molar refractivity (Wildman–Crippen MR) is 45.1 cm³/mol. The molecule has 0 radical (unpaired) electrons. The van der Waals surface area contributed by atoms with Gasteiger partial charge in [0, 0.05) is 0 Å². The summed E-state index contributed by atoms with van der Waals surface area (Å²) in [5.74, 6) is -0.243. The smallest absolute Gasteiger partial charge is 0.264 e. The van der Waals surface area contributed by atoms with E-state index in [1.165, 1.54) is 0 Å². The summed E-state index contributed by atoms with van der Waals surface area (Å²) in [6, 6.07) is 5.32. The monoisotopic (exact) mass is 181 g/mol. The van der Waals surface area contributed by atoms with Crippen molar-refractivity contribution in [1.29, 1.82) is 0 Å². The number of hydrogen-bond donors (Lipinski definition) is 1. The molecule has 0 spiro atoms. The lowest BCUT2D eigenvalue weighted by atomic mass is 10.1. The largest absolute Gasteiger partial charge is 0.268 e. The highest BCUT2D eigenvalue weighted by molar-refractivity contribution is 7.84. The van der Waals surface area contributed by atoms with Gasteiger partial charge in [-0.15, -0.1) is 0 Å². The molecule has 1 N–H and O–H groups in total. The number of nitrogens with one attached hydrogen (secondary N) is 1. The summed E-state index contributed by atoms with van der Waals surface area (Å²) in [7, 11) is -1.34. The maximum atomic E-state index is 11.3. The minimum absolute atomic E-state index is 0.243. The fourth-order valence-electron chi connectivity index (χ4n) is 1.27. The molecule has 0 fully saturated rings. The number of benzene rings is 1. The van der Waals surface area contributed by atoms with E-state index >= 15 is 0 Å². The first-order chi connectivity index (χ1) is 5.70.